The van der Waals surface area contributed by atoms with Crippen LogP contribution in [0.2, 0.25) is 0 Å². The fourth-order valence-electron chi connectivity index (χ4n) is 2.71. The van der Waals surface area contributed by atoms with Crippen LogP contribution in [0, 0.1) is 0 Å². The molecule has 0 radical (unpaired) electrons. The van der Waals surface area contributed by atoms with Crippen LogP contribution in [0.25, 0.3) is 6.08 Å². The Labute approximate surface area is 181 Å². The molecule has 0 aromatic heterocycles. The third kappa shape index (κ3) is 6.00. The highest BCUT2D eigenvalue weighted by Gasteiger charge is 2.14. The molecule has 0 amide bonds. The number of aliphatic carboxylic acids is 1. The molecule has 0 spiro atoms. The van der Waals surface area contributed by atoms with E-state index in [9.17, 15) is 4.79 Å². The summed E-state index contributed by atoms with van der Waals surface area (Å²) in [5, 5.41) is 14.1. The van der Waals surface area contributed by atoms with Crippen molar-refractivity contribution in [2.75, 3.05) is 33.8 Å². The highest BCUT2D eigenvalue weighted by Crippen LogP contribution is 2.36. The Bertz CT molecular complexity index is 874. The second kappa shape index (κ2) is 11.3. The van der Waals surface area contributed by atoms with Crippen LogP contribution < -0.4 is 24.3 Å². The largest absolute Gasteiger partial charge is 0.496 e. The smallest absolute Gasteiger partial charge is 0.325 e. The van der Waals surface area contributed by atoms with Gasteiger partial charge >= 0.3 is 5.97 Å². The predicted octanol–water partition coefficient (Wildman–Crippen LogP) is 4.51. The first kappa shape index (κ1) is 23.3. The number of carbonyl (C=O) groups is 1. The molecule has 0 bridgehead atoms. The summed E-state index contributed by atoms with van der Waals surface area (Å²) in [4.78, 5) is 11.1. The highest BCUT2D eigenvalue weighted by atomic mass is 32.2. The van der Waals surface area contributed by atoms with E-state index in [-0.39, 0.29) is 0 Å². The second-order valence-corrected chi connectivity index (χ2v) is 7.19. The summed E-state index contributed by atoms with van der Waals surface area (Å²) in [6.45, 7) is 1.58. The van der Waals surface area contributed by atoms with Gasteiger partial charge < -0.3 is 29.4 Å². The Morgan fingerprint density at radius 2 is 1.67 bits per heavy atom. The van der Waals surface area contributed by atoms with Crippen molar-refractivity contribution in [3.63, 3.8) is 0 Å². The molecule has 0 heterocycles. The second-order valence-electron chi connectivity index (χ2n) is 6.30. The predicted molar refractivity (Wildman–Crippen MR) is 120 cm³/mol. The van der Waals surface area contributed by atoms with Gasteiger partial charge in [0.15, 0.2) is 0 Å². The molecule has 2 aromatic rings. The molecule has 8 heteroatoms. The van der Waals surface area contributed by atoms with Gasteiger partial charge in [-0.05, 0) is 36.1 Å². The van der Waals surface area contributed by atoms with Gasteiger partial charge in [-0.3, -0.25) is 4.79 Å². The van der Waals surface area contributed by atoms with Crippen LogP contribution in [0.1, 0.15) is 18.1 Å². The lowest BCUT2D eigenvalue weighted by Gasteiger charge is -2.15. The van der Waals surface area contributed by atoms with Crippen molar-refractivity contribution in [1.82, 2.24) is 0 Å². The third-order valence-electron chi connectivity index (χ3n) is 4.34. The van der Waals surface area contributed by atoms with E-state index < -0.39 is 12.0 Å². The standard InChI is InChI=1S/C22H27NO6S/c1-14(22(24)25)23-18-10-15(6-7-19(18)27-3)13-30-9-8-17-20(28-4)11-16(26-2)12-21(17)29-5/h6-12,14,23H,13H2,1-5H3,(H,24,25)/b9-8+. The monoisotopic (exact) mass is 433 g/mol. The molecule has 7 nitrogen and oxygen atoms in total. The van der Waals surface area contributed by atoms with E-state index in [1.165, 1.54) is 0 Å². The van der Waals surface area contributed by atoms with Crippen molar-refractivity contribution >= 4 is 29.5 Å². The fourth-order valence-corrected chi connectivity index (χ4v) is 3.41. The van der Waals surface area contributed by atoms with Crippen molar-refractivity contribution < 1.29 is 28.8 Å². The van der Waals surface area contributed by atoms with E-state index in [1.54, 1.807) is 59.3 Å². The van der Waals surface area contributed by atoms with Crippen LogP contribution in [0.3, 0.4) is 0 Å². The number of anilines is 1. The van der Waals surface area contributed by atoms with E-state index >= 15 is 0 Å². The first-order valence-corrected chi connectivity index (χ1v) is 10.2. The average Bonchev–Trinajstić information content (AvgIpc) is 2.76. The minimum atomic E-state index is -0.929. The SMILES string of the molecule is COc1cc(OC)c(/C=C/SCc2ccc(OC)c(NC(C)C(=O)O)c2)c(OC)c1. The lowest BCUT2D eigenvalue weighted by Crippen LogP contribution is -2.25. The minimum Gasteiger partial charge on any atom is -0.496 e. The number of hydrogen-bond acceptors (Lipinski definition) is 7. The topological polar surface area (TPSA) is 86.2 Å². The van der Waals surface area contributed by atoms with Gasteiger partial charge in [-0.25, -0.2) is 0 Å². The van der Waals surface area contributed by atoms with Crippen LogP contribution in [0.4, 0.5) is 5.69 Å². The molecule has 2 N–H and O–H groups in total. The molecule has 2 rings (SSSR count). The zero-order chi connectivity index (χ0) is 22.1. The Kier molecular flexibility index (Phi) is 8.73. The number of hydrogen-bond donors (Lipinski definition) is 2. The molecule has 0 saturated heterocycles. The van der Waals surface area contributed by atoms with E-state index in [4.69, 9.17) is 24.1 Å². The molecule has 0 aliphatic heterocycles. The molecular weight excluding hydrogens is 406 g/mol. The van der Waals surface area contributed by atoms with Crippen molar-refractivity contribution in [2.45, 2.75) is 18.7 Å². The van der Waals surface area contributed by atoms with Gasteiger partial charge in [0.05, 0.1) is 39.7 Å². The molecule has 0 aliphatic rings. The quantitative estimate of drug-likeness (QED) is 0.535. The van der Waals surface area contributed by atoms with Gasteiger partial charge in [0.25, 0.3) is 0 Å². The molecule has 1 unspecified atom stereocenters. The first-order valence-electron chi connectivity index (χ1n) is 9.17. The van der Waals surface area contributed by atoms with Gasteiger partial charge in [-0.2, -0.15) is 0 Å². The maximum atomic E-state index is 11.1. The van der Waals surface area contributed by atoms with Gasteiger partial charge in [0.2, 0.25) is 0 Å². The van der Waals surface area contributed by atoms with Crippen molar-refractivity contribution in [1.29, 1.82) is 0 Å². The summed E-state index contributed by atoms with van der Waals surface area (Å²) < 4.78 is 21.5. The summed E-state index contributed by atoms with van der Waals surface area (Å²) in [6.07, 6.45) is 1.93. The van der Waals surface area contributed by atoms with Crippen molar-refractivity contribution in [3.8, 4) is 23.0 Å². The Morgan fingerprint density at radius 1 is 1.03 bits per heavy atom. The Morgan fingerprint density at radius 3 is 2.20 bits per heavy atom. The zero-order valence-electron chi connectivity index (χ0n) is 17.7. The number of methoxy groups -OCH3 is 4. The number of thioether (sulfide) groups is 1. The van der Waals surface area contributed by atoms with Gasteiger partial charge in [-0.15, -0.1) is 11.8 Å². The lowest BCUT2D eigenvalue weighted by atomic mass is 10.1. The van der Waals surface area contributed by atoms with Gasteiger partial charge in [0.1, 0.15) is 29.0 Å². The molecular formula is C22H27NO6S. The van der Waals surface area contributed by atoms with E-state index in [0.29, 0.717) is 34.4 Å². The molecule has 2 aromatic carbocycles. The summed E-state index contributed by atoms with van der Waals surface area (Å²) in [5.74, 6) is 2.32. The Balaban J connectivity index is 2.13. The molecule has 162 valence electrons. The number of benzene rings is 2. The first-order chi connectivity index (χ1) is 14.4. The molecule has 1 atom stereocenters. The van der Waals surface area contributed by atoms with Crippen LogP contribution >= 0.6 is 11.8 Å². The average molecular weight is 434 g/mol. The third-order valence-corrected chi connectivity index (χ3v) is 5.17. The van der Waals surface area contributed by atoms with Gasteiger partial charge in [0, 0.05) is 17.9 Å². The maximum absolute atomic E-state index is 11.1. The molecule has 0 fully saturated rings. The number of carboxylic acids is 1. The summed E-state index contributed by atoms with van der Waals surface area (Å²) in [7, 11) is 6.35. The number of carboxylic acid groups (broad SMARTS) is 1. The zero-order valence-corrected chi connectivity index (χ0v) is 18.5. The summed E-state index contributed by atoms with van der Waals surface area (Å²) in [5.41, 5.74) is 2.49. The molecule has 0 saturated carbocycles. The van der Waals surface area contributed by atoms with Crippen LogP contribution in [0.15, 0.2) is 35.7 Å². The molecule has 30 heavy (non-hydrogen) atoms. The normalized spacial score (nSPS) is 11.8. The molecule has 0 aliphatic carbocycles. The summed E-state index contributed by atoms with van der Waals surface area (Å²) in [6, 6.07) is 8.55. The van der Waals surface area contributed by atoms with E-state index in [1.807, 2.05) is 29.7 Å². The van der Waals surface area contributed by atoms with Crippen LogP contribution in [-0.2, 0) is 10.5 Å². The fraction of sp³-hybridized carbons (Fsp3) is 0.318. The lowest BCUT2D eigenvalue weighted by molar-refractivity contribution is -0.137. The maximum Gasteiger partial charge on any atom is 0.325 e. The Hall–Kier alpha value is -3.00. The van der Waals surface area contributed by atoms with Crippen LogP contribution in [0.5, 0.6) is 23.0 Å². The van der Waals surface area contributed by atoms with Crippen molar-refractivity contribution in [3.05, 3.63) is 46.9 Å². The summed E-state index contributed by atoms with van der Waals surface area (Å²) >= 11 is 1.59. The van der Waals surface area contributed by atoms with E-state index in [0.717, 1.165) is 11.1 Å². The number of nitrogens with one attached hydrogen (secondary N) is 1. The van der Waals surface area contributed by atoms with Crippen molar-refractivity contribution in [2.24, 2.45) is 0 Å². The number of ether oxygens (including phenoxy) is 4. The highest BCUT2D eigenvalue weighted by molar-refractivity contribution is 8.01. The van der Waals surface area contributed by atoms with Crippen LogP contribution in [-0.4, -0.2) is 45.6 Å². The van der Waals surface area contributed by atoms with E-state index in [2.05, 4.69) is 5.32 Å². The van der Waals surface area contributed by atoms with Gasteiger partial charge in [-0.1, -0.05) is 6.07 Å². The number of rotatable bonds is 11. The minimum absolute atomic E-state index is 0.597.